The molecule has 1 aromatic carbocycles. The molecule has 0 saturated carbocycles. The van der Waals surface area contributed by atoms with Crippen LogP contribution in [0.25, 0.3) is 11.0 Å². The summed E-state index contributed by atoms with van der Waals surface area (Å²) in [7, 11) is 0. The Morgan fingerprint density at radius 2 is 1.89 bits per heavy atom. The molecule has 19 heavy (non-hydrogen) atoms. The maximum absolute atomic E-state index is 9.31. The smallest absolute Gasteiger partial charge is 0.152 e. The fourth-order valence-electron chi connectivity index (χ4n) is 2.23. The van der Waals surface area contributed by atoms with Crippen molar-refractivity contribution in [1.82, 2.24) is 0 Å². The zero-order valence-electron chi connectivity index (χ0n) is 12.4. The SMILES string of the molecule is CC(C)Cc1cc2cc(C(C)(C)C)cc(C#N)c2o1. The number of nitrogens with zero attached hydrogens (tertiary/aromatic N) is 1. The Bertz CT molecular complexity index is 636. The number of benzene rings is 1. The fraction of sp³-hybridized carbons (Fsp3) is 0.471. The molecule has 0 unspecified atom stereocenters. The zero-order valence-corrected chi connectivity index (χ0v) is 12.4. The lowest BCUT2D eigenvalue weighted by Gasteiger charge is -2.19. The summed E-state index contributed by atoms with van der Waals surface area (Å²) in [5.41, 5.74) is 2.58. The van der Waals surface area contributed by atoms with E-state index >= 15 is 0 Å². The Morgan fingerprint density at radius 3 is 2.42 bits per heavy atom. The number of hydrogen-bond acceptors (Lipinski definition) is 2. The minimum Gasteiger partial charge on any atom is -0.460 e. The summed E-state index contributed by atoms with van der Waals surface area (Å²) in [4.78, 5) is 0. The van der Waals surface area contributed by atoms with E-state index in [0.29, 0.717) is 11.5 Å². The van der Waals surface area contributed by atoms with Crippen molar-refractivity contribution in [1.29, 1.82) is 5.26 Å². The van der Waals surface area contributed by atoms with E-state index in [9.17, 15) is 5.26 Å². The number of fused-ring (bicyclic) bond motifs is 1. The molecule has 2 aromatic rings. The average molecular weight is 255 g/mol. The fourth-order valence-corrected chi connectivity index (χ4v) is 2.23. The summed E-state index contributed by atoms with van der Waals surface area (Å²) in [6.45, 7) is 10.8. The molecule has 1 aromatic heterocycles. The van der Waals surface area contributed by atoms with E-state index in [1.54, 1.807) is 0 Å². The maximum atomic E-state index is 9.31. The Hall–Kier alpha value is -1.75. The van der Waals surface area contributed by atoms with Crippen LogP contribution in [0.3, 0.4) is 0 Å². The molecule has 0 bridgehead atoms. The van der Waals surface area contributed by atoms with Gasteiger partial charge in [-0.3, -0.25) is 0 Å². The van der Waals surface area contributed by atoms with Crippen LogP contribution in [0.5, 0.6) is 0 Å². The summed E-state index contributed by atoms with van der Waals surface area (Å²) in [6, 6.07) is 8.42. The molecule has 2 rings (SSSR count). The van der Waals surface area contributed by atoms with Gasteiger partial charge in [-0.1, -0.05) is 34.6 Å². The number of furan rings is 1. The van der Waals surface area contributed by atoms with Crippen LogP contribution in [0, 0.1) is 17.2 Å². The topological polar surface area (TPSA) is 36.9 Å². The molecule has 0 fully saturated rings. The van der Waals surface area contributed by atoms with Crippen LogP contribution in [0.2, 0.25) is 0 Å². The van der Waals surface area contributed by atoms with Crippen LogP contribution < -0.4 is 0 Å². The van der Waals surface area contributed by atoms with Crippen LogP contribution in [0.15, 0.2) is 22.6 Å². The molecule has 0 aliphatic rings. The zero-order chi connectivity index (χ0) is 14.2. The second-order valence-electron chi connectivity index (χ2n) is 6.61. The van der Waals surface area contributed by atoms with Crippen molar-refractivity contribution in [3.05, 3.63) is 35.1 Å². The van der Waals surface area contributed by atoms with Crippen LogP contribution >= 0.6 is 0 Å². The van der Waals surface area contributed by atoms with Gasteiger partial charge in [0.2, 0.25) is 0 Å². The lowest BCUT2D eigenvalue weighted by atomic mass is 9.85. The van der Waals surface area contributed by atoms with Gasteiger partial charge >= 0.3 is 0 Å². The third kappa shape index (κ3) is 2.81. The first-order chi connectivity index (χ1) is 8.81. The van der Waals surface area contributed by atoms with Crippen molar-refractivity contribution >= 4 is 11.0 Å². The molecule has 0 atom stereocenters. The van der Waals surface area contributed by atoms with Gasteiger partial charge < -0.3 is 4.42 Å². The Balaban J connectivity index is 2.61. The van der Waals surface area contributed by atoms with Gasteiger partial charge in [-0.05, 0) is 35.1 Å². The highest BCUT2D eigenvalue weighted by molar-refractivity contribution is 5.84. The highest BCUT2D eigenvalue weighted by Crippen LogP contribution is 2.31. The standard InChI is InChI=1S/C17H21NO/c1-11(2)6-15-9-12-7-14(17(3,4)5)8-13(10-18)16(12)19-15/h7-9,11H,6H2,1-5H3. The summed E-state index contributed by atoms with van der Waals surface area (Å²) >= 11 is 0. The summed E-state index contributed by atoms with van der Waals surface area (Å²) in [5, 5.41) is 10.3. The molecule has 2 heteroatoms. The molecule has 2 nitrogen and oxygen atoms in total. The van der Waals surface area contributed by atoms with Gasteiger partial charge in [0, 0.05) is 11.8 Å². The predicted molar refractivity (Wildman–Crippen MR) is 78.2 cm³/mol. The summed E-state index contributed by atoms with van der Waals surface area (Å²) < 4.78 is 5.85. The lowest BCUT2D eigenvalue weighted by molar-refractivity contribution is 0.499. The highest BCUT2D eigenvalue weighted by Gasteiger charge is 2.18. The molecular weight excluding hydrogens is 234 g/mol. The first-order valence-corrected chi connectivity index (χ1v) is 6.78. The molecule has 0 radical (unpaired) electrons. The molecule has 0 aliphatic carbocycles. The lowest BCUT2D eigenvalue weighted by Crippen LogP contribution is -2.11. The molecule has 1 heterocycles. The van der Waals surface area contributed by atoms with Gasteiger partial charge in [0.25, 0.3) is 0 Å². The molecular formula is C17H21NO. The third-order valence-corrected chi connectivity index (χ3v) is 3.26. The van der Waals surface area contributed by atoms with Crippen molar-refractivity contribution in [3.63, 3.8) is 0 Å². The van der Waals surface area contributed by atoms with Crippen molar-refractivity contribution < 1.29 is 4.42 Å². The Labute approximate surface area is 115 Å². The quantitative estimate of drug-likeness (QED) is 0.772. The number of hydrogen-bond donors (Lipinski definition) is 0. The van der Waals surface area contributed by atoms with Gasteiger partial charge in [-0.15, -0.1) is 0 Å². The van der Waals surface area contributed by atoms with E-state index in [-0.39, 0.29) is 5.41 Å². The van der Waals surface area contributed by atoms with E-state index in [1.807, 2.05) is 6.07 Å². The van der Waals surface area contributed by atoms with Crippen LogP contribution in [0.1, 0.15) is 51.5 Å². The van der Waals surface area contributed by atoms with Gasteiger partial charge in [-0.25, -0.2) is 0 Å². The van der Waals surface area contributed by atoms with Gasteiger partial charge in [-0.2, -0.15) is 5.26 Å². The molecule has 0 amide bonds. The molecule has 0 aliphatic heterocycles. The highest BCUT2D eigenvalue weighted by atomic mass is 16.3. The van der Waals surface area contributed by atoms with Crippen molar-refractivity contribution in [2.24, 2.45) is 5.92 Å². The Morgan fingerprint density at radius 1 is 1.21 bits per heavy atom. The molecule has 100 valence electrons. The van der Waals surface area contributed by atoms with E-state index in [2.05, 4.69) is 52.8 Å². The largest absolute Gasteiger partial charge is 0.460 e. The van der Waals surface area contributed by atoms with Crippen LogP contribution in [-0.2, 0) is 11.8 Å². The second-order valence-corrected chi connectivity index (χ2v) is 6.61. The van der Waals surface area contributed by atoms with Gasteiger partial charge in [0.1, 0.15) is 11.8 Å². The van der Waals surface area contributed by atoms with Crippen molar-refractivity contribution in [2.75, 3.05) is 0 Å². The first kappa shape index (κ1) is 13.7. The normalized spacial score (nSPS) is 12.1. The molecule has 0 N–H and O–H groups in total. The monoisotopic (exact) mass is 255 g/mol. The van der Waals surface area contributed by atoms with Gasteiger partial charge in [0.05, 0.1) is 5.56 Å². The molecule has 0 spiro atoms. The van der Waals surface area contributed by atoms with Crippen molar-refractivity contribution in [2.45, 2.75) is 46.5 Å². The first-order valence-electron chi connectivity index (χ1n) is 6.78. The molecule has 0 saturated heterocycles. The van der Waals surface area contributed by atoms with Gasteiger partial charge in [0.15, 0.2) is 5.58 Å². The van der Waals surface area contributed by atoms with E-state index < -0.39 is 0 Å². The van der Waals surface area contributed by atoms with E-state index in [1.165, 1.54) is 5.56 Å². The third-order valence-electron chi connectivity index (χ3n) is 3.26. The Kier molecular flexibility index (Phi) is 3.41. The maximum Gasteiger partial charge on any atom is 0.152 e. The van der Waals surface area contributed by atoms with Crippen molar-refractivity contribution in [3.8, 4) is 6.07 Å². The van der Waals surface area contributed by atoms with Crippen LogP contribution in [-0.4, -0.2) is 0 Å². The summed E-state index contributed by atoms with van der Waals surface area (Å²) in [5.74, 6) is 1.51. The van der Waals surface area contributed by atoms with E-state index in [0.717, 1.165) is 23.2 Å². The minimum absolute atomic E-state index is 0.0370. The van der Waals surface area contributed by atoms with Crippen LogP contribution in [0.4, 0.5) is 0 Å². The summed E-state index contributed by atoms with van der Waals surface area (Å²) in [6.07, 6.45) is 0.907. The minimum atomic E-state index is 0.0370. The second kappa shape index (κ2) is 4.74. The number of nitriles is 1. The predicted octanol–water partition coefficient (Wildman–Crippen LogP) is 4.80. The van der Waals surface area contributed by atoms with E-state index in [4.69, 9.17) is 4.42 Å². The average Bonchev–Trinajstić information content (AvgIpc) is 2.67. The number of rotatable bonds is 2.